The summed E-state index contributed by atoms with van der Waals surface area (Å²) in [5, 5.41) is 12.1. The van der Waals surface area contributed by atoms with Crippen molar-refractivity contribution in [2.75, 3.05) is 25.1 Å². The Kier molecular flexibility index (Phi) is 3.82. The molecule has 0 amide bonds. The van der Waals surface area contributed by atoms with Gasteiger partial charge in [-0.25, -0.2) is 4.98 Å². The van der Waals surface area contributed by atoms with Crippen LogP contribution in [0.3, 0.4) is 0 Å². The van der Waals surface area contributed by atoms with Crippen LogP contribution in [0, 0.1) is 28.4 Å². The Morgan fingerprint density at radius 3 is 3.00 bits per heavy atom. The van der Waals surface area contributed by atoms with Gasteiger partial charge in [0.05, 0.1) is 17.4 Å². The van der Waals surface area contributed by atoms with Gasteiger partial charge in [-0.1, -0.05) is 18.6 Å². The molecule has 2 fully saturated rings. The zero-order valence-corrected chi connectivity index (χ0v) is 14.9. The number of nitro groups is 1. The van der Waals surface area contributed by atoms with Crippen molar-refractivity contribution in [3.8, 4) is 0 Å². The van der Waals surface area contributed by atoms with Crippen molar-refractivity contribution in [2.45, 2.75) is 26.2 Å². The van der Waals surface area contributed by atoms with Gasteiger partial charge in [0.25, 0.3) is 5.69 Å². The summed E-state index contributed by atoms with van der Waals surface area (Å²) in [6.07, 6.45) is 2.88. The molecule has 0 bridgehead atoms. The number of carbonyl (C=O) groups is 1. The quantitative estimate of drug-likeness (QED) is 0.477. The maximum absolute atomic E-state index is 12.5. The number of rotatable bonds is 3. The number of pyridine rings is 1. The molecule has 1 aromatic heterocycles. The van der Waals surface area contributed by atoms with Crippen LogP contribution in [0.25, 0.3) is 10.9 Å². The SMILES string of the molecule is COC(=O)C12CCCC1CN(c1cc(C)nc3c([N+](=O)[O-])cccc13)C2. The Morgan fingerprint density at radius 1 is 1.46 bits per heavy atom. The topological polar surface area (TPSA) is 85.6 Å². The number of aryl methyl sites for hydroxylation is 1. The highest BCUT2D eigenvalue weighted by Crippen LogP contribution is 2.51. The van der Waals surface area contributed by atoms with E-state index in [-0.39, 0.29) is 17.6 Å². The van der Waals surface area contributed by atoms with Crippen LogP contribution >= 0.6 is 0 Å². The second-order valence-electron chi connectivity index (χ2n) is 7.33. The van der Waals surface area contributed by atoms with Crippen molar-refractivity contribution >= 4 is 28.2 Å². The lowest BCUT2D eigenvalue weighted by atomic mass is 9.81. The molecule has 26 heavy (non-hydrogen) atoms. The number of ether oxygens (including phenoxy) is 1. The summed E-state index contributed by atoms with van der Waals surface area (Å²) in [6.45, 7) is 3.19. The molecule has 1 aliphatic heterocycles. The molecule has 2 heterocycles. The second kappa shape index (κ2) is 5.93. The Balaban J connectivity index is 1.82. The van der Waals surface area contributed by atoms with E-state index in [1.165, 1.54) is 13.2 Å². The van der Waals surface area contributed by atoms with Gasteiger partial charge in [-0.15, -0.1) is 0 Å². The summed E-state index contributed by atoms with van der Waals surface area (Å²) in [6, 6.07) is 6.99. The number of esters is 1. The number of fused-ring (bicyclic) bond motifs is 2. The predicted octanol–water partition coefficient (Wildman–Crippen LogP) is 3.23. The van der Waals surface area contributed by atoms with Crippen molar-refractivity contribution in [1.29, 1.82) is 0 Å². The number of para-hydroxylation sites is 1. The number of methoxy groups -OCH3 is 1. The summed E-state index contributed by atoms with van der Waals surface area (Å²) in [5.74, 6) is 0.126. The fourth-order valence-corrected chi connectivity index (χ4v) is 4.76. The van der Waals surface area contributed by atoms with Gasteiger partial charge in [0.1, 0.15) is 0 Å². The van der Waals surface area contributed by atoms with Crippen LogP contribution < -0.4 is 4.90 Å². The molecule has 2 aliphatic rings. The van der Waals surface area contributed by atoms with E-state index in [4.69, 9.17) is 4.74 Å². The van der Waals surface area contributed by atoms with E-state index in [1.54, 1.807) is 6.07 Å². The van der Waals surface area contributed by atoms with E-state index in [0.717, 1.165) is 42.6 Å². The number of anilines is 1. The number of nitrogens with zero attached hydrogens (tertiary/aromatic N) is 3. The number of aromatic nitrogens is 1. The van der Waals surface area contributed by atoms with Gasteiger partial charge in [0, 0.05) is 35.9 Å². The monoisotopic (exact) mass is 355 g/mol. The summed E-state index contributed by atoms with van der Waals surface area (Å²) < 4.78 is 5.12. The molecule has 4 rings (SSSR count). The van der Waals surface area contributed by atoms with E-state index < -0.39 is 10.3 Å². The Morgan fingerprint density at radius 2 is 2.27 bits per heavy atom. The van der Waals surface area contributed by atoms with Crippen LogP contribution in [-0.4, -0.2) is 36.1 Å². The molecule has 1 aliphatic carbocycles. The predicted molar refractivity (Wildman–Crippen MR) is 97.1 cm³/mol. The van der Waals surface area contributed by atoms with Crippen LogP contribution in [0.5, 0.6) is 0 Å². The molecule has 1 saturated carbocycles. The number of non-ortho nitro benzene ring substituents is 1. The molecular formula is C19H21N3O4. The van der Waals surface area contributed by atoms with Crippen LogP contribution in [0.1, 0.15) is 25.0 Å². The molecule has 7 heteroatoms. The largest absolute Gasteiger partial charge is 0.469 e. The zero-order chi connectivity index (χ0) is 18.5. The minimum atomic E-state index is -0.459. The molecule has 2 aromatic rings. The van der Waals surface area contributed by atoms with E-state index in [9.17, 15) is 14.9 Å². The summed E-state index contributed by atoms with van der Waals surface area (Å²) in [4.78, 5) is 30.1. The third kappa shape index (κ3) is 2.34. The normalized spacial score (nSPS) is 24.7. The Hall–Kier alpha value is -2.70. The molecule has 2 atom stereocenters. The molecule has 1 saturated heterocycles. The first-order valence-electron chi connectivity index (χ1n) is 8.84. The van der Waals surface area contributed by atoms with Crippen molar-refractivity contribution in [2.24, 2.45) is 11.3 Å². The van der Waals surface area contributed by atoms with Crippen LogP contribution in [-0.2, 0) is 9.53 Å². The zero-order valence-electron chi connectivity index (χ0n) is 14.9. The number of nitro benzene ring substituents is 1. The summed E-state index contributed by atoms with van der Waals surface area (Å²) >= 11 is 0. The molecule has 0 spiro atoms. The third-order valence-corrected chi connectivity index (χ3v) is 5.92. The van der Waals surface area contributed by atoms with Gasteiger partial charge >= 0.3 is 5.97 Å². The Bertz CT molecular complexity index is 913. The molecule has 1 aromatic carbocycles. The fraction of sp³-hybridized carbons (Fsp3) is 0.474. The van der Waals surface area contributed by atoms with Crippen LogP contribution in [0.15, 0.2) is 24.3 Å². The van der Waals surface area contributed by atoms with Gasteiger partial charge in [-0.2, -0.15) is 0 Å². The molecule has 136 valence electrons. The van der Waals surface area contributed by atoms with Crippen molar-refractivity contribution in [1.82, 2.24) is 4.98 Å². The fourth-order valence-electron chi connectivity index (χ4n) is 4.76. The first-order chi connectivity index (χ1) is 12.5. The van der Waals surface area contributed by atoms with Gasteiger partial charge in [0.2, 0.25) is 0 Å². The number of benzene rings is 1. The van der Waals surface area contributed by atoms with E-state index >= 15 is 0 Å². The number of carbonyl (C=O) groups excluding carboxylic acids is 1. The summed E-state index contributed by atoms with van der Waals surface area (Å²) in [5.41, 5.74) is 1.59. The first-order valence-corrected chi connectivity index (χ1v) is 8.84. The second-order valence-corrected chi connectivity index (χ2v) is 7.33. The third-order valence-electron chi connectivity index (χ3n) is 5.92. The Labute approximate surface area is 151 Å². The van der Waals surface area contributed by atoms with Gasteiger partial charge < -0.3 is 9.64 Å². The highest BCUT2D eigenvalue weighted by molar-refractivity contribution is 5.97. The van der Waals surface area contributed by atoms with Gasteiger partial charge in [-0.05, 0) is 31.7 Å². The molecule has 0 radical (unpaired) electrons. The highest BCUT2D eigenvalue weighted by Gasteiger charge is 2.55. The van der Waals surface area contributed by atoms with Crippen molar-refractivity contribution in [3.63, 3.8) is 0 Å². The minimum absolute atomic E-state index is 0.00882. The van der Waals surface area contributed by atoms with Gasteiger partial charge in [-0.3, -0.25) is 14.9 Å². The minimum Gasteiger partial charge on any atom is -0.469 e. The maximum Gasteiger partial charge on any atom is 0.313 e. The van der Waals surface area contributed by atoms with Crippen molar-refractivity contribution < 1.29 is 14.5 Å². The van der Waals surface area contributed by atoms with Gasteiger partial charge in [0.15, 0.2) is 5.52 Å². The first kappa shape index (κ1) is 16.8. The van der Waals surface area contributed by atoms with E-state index in [1.807, 2.05) is 19.1 Å². The van der Waals surface area contributed by atoms with E-state index in [2.05, 4.69) is 9.88 Å². The molecular weight excluding hydrogens is 334 g/mol. The lowest BCUT2D eigenvalue weighted by Gasteiger charge is -2.26. The lowest BCUT2D eigenvalue weighted by molar-refractivity contribution is -0.383. The highest BCUT2D eigenvalue weighted by atomic mass is 16.6. The smallest absolute Gasteiger partial charge is 0.313 e. The number of hydrogen-bond acceptors (Lipinski definition) is 6. The van der Waals surface area contributed by atoms with E-state index in [0.29, 0.717) is 12.1 Å². The average Bonchev–Trinajstić information content (AvgIpc) is 3.17. The summed E-state index contributed by atoms with van der Waals surface area (Å²) in [7, 11) is 1.45. The number of hydrogen-bond donors (Lipinski definition) is 0. The standard InChI is InChI=1S/C19H21N3O4/c1-12-9-16(14-6-3-7-15(22(24)25)17(14)20-12)21-10-13-5-4-8-19(13,11-21)18(23)26-2/h3,6-7,9,13H,4-5,8,10-11H2,1-2H3. The lowest BCUT2D eigenvalue weighted by Crippen LogP contribution is -2.37. The van der Waals surface area contributed by atoms with Crippen LogP contribution in [0.2, 0.25) is 0 Å². The maximum atomic E-state index is 12.5. The molecule has 7 nitrogen and oxygen atoms in total. The molecule has 2 unspecified atom stereocenters. The van der Waals surface area contributed by atoms with Crippen molar-refractivity contribution in [3.05, 3.63) is 40.1 Å². The molecule has 0 N–H and O–H groups in total. The van der Waals surface area contributed by atoms with Crippen LogP contribution in [0.4, 0.5) is 11.4 Å². The average molecular weight is 355 g/mol.